The molecule has 1 aromatic heterocycles. The number of fused-ring (bicyclic) bond motifs is 1. The molecule has 7 nitrogen and oxygen atoms in total. The summed E-state index contributed by atoms with van der Waals surface area (Å²) in [6.45, 7) is 3.70. The molecule has 0 saturated carbocycles. The van der Waals surface area contributed by atoms with Crippen LogP contribution in [-0.2, 0) is 29.1 Å². The van der Waals surface area contributed by atoms with E-state index in [4.69, 9.17) is 4.74 Å². The number of ether oxygens (including phenoxy) is 1. The van der Waals surface area contributed by atoms with E-state index in [0.29, 0.717) is 37.3 Å². The van der Waals surface area contributed by atoms with Gasteiger partial charge in [0.25, 0.3) is 5.91 Å². The summed E-state index contributed by atoms with van der Waals surface area (Å²) in [5.41, 5.74) is 4.11. The molecular formula is C27H29N3O4S. The minimum Gasteiger partial charge on any atom is -0.445 e. The maximum absolute atomic E-state index is 13.2. The quantitative estimate of drug-likeness (QED) is 0.439. The Hall–Kier alpha value is -3.65. The summed E-state index contributed by atoms with van der Waals surface area (Å²) >= 11 is 1.74. The van der Waals surface area contributed by atoms with Crippen molar-refractivity contribution in [3.63, 3.8) is 0 Å². The van der Waals surface area contributed by atoms with Gasteiger partial charge in [-0.25, -0.2) is 4.79 Å². The highest BCUT2D eigenvalue weighted by Crippen LogP contribution is 2.27. The number of rotatable bonds is 8. The highest BCUT2D eigenvalue weighted by molar-refractivity contribution is 7.10. The van der Waals surface area contributed by atoms with Crippen molar-refractivity contribution < 1.29 is 19.1 Å². The Bertz CT molecular complexity index is 1190. The number of thiophene rings is 1. The van der Waals surface area contributed by atoms with Crippen molar-refractivity contribution in [1.29, 1.82) is 0 Å². The lowest BCUT2D eigenvalue weighted by atomic mass is 10.0. The second kappa shape index (κ2) is 11.7. The van der Waals surface area contributed by atoms with Gasteiger partial charge < -0.3 is 20.3 Å². The predicted molar refractivity (Wildman–Crippen MR) is 136 cm³/mol. The van der Waals surface area contributed by atoms with Gasteiger partial charge in [0.15, 0.2) is 0 Å². The van der Waals surface area contributed by atoms with Gasteiger partial charge in [0.05, 0.1) is 0 Å². The molecule has 0 unspecified atom stereocenters. The summed E-state index contributed by atoms with van der Waals surface area (Å²) < 4.78 is 5.16. The first-order valence-corrected chi connectivity index (χ1v) is 12.6. The van der Waals surface area contributed by atoms with E-state index in [9.17, 15) is 14.4 Å². The average molecular weight is 492 g/mol. The number of nitrogens with zero attached hydrogens (tertiary/aromatic N) is 1. The van der Waals surface area contributed by atoms with Crippen LogP contribution in [0.25, 0.3) is 0 Å². The van der Waals surface area contributed by atoms with Gasteiger partial charge in [-0.1, -0.05) is 36.4 Å². The van der Waals surface area contributed by atoms with Crippen LogP contribution in [0.4, 0.5) is 10.5 Å². The van der Waals surface area contributed by atoms with Crippen LogP contribution < -0.4 is 10.6 Å². The van der Waals surface area contributed by atoms with Gasteiger partial charge >= 0.3 is 6.09 Å². The normalized spacial score (nSPS) is 12.5. The van der Waals surface area contributed by atoms with E-state index in [1.165, 1.54) is 10.4 Å². The zero-order chi connectivity index (χ0) is 24.6. The number of benzene rings is 2. The monoisotopic (exact) mass is 491 g/mol. The third-order valence-electron chi connectivity index (χ3n) is 6.00. The zero-order valence-corrected chi connectivity index (χ0v) is 20.5. The van der Waals surface area contributed by atoms with Gasteiger partial charge in [-0.15, -0.1) is 11.3 Å². The van der Waals surface area contributed by atoms with Gasteiger partial charge in [-0.3, -0.25) is 9.59 Å². The van der Waals surface area contributed by atoms with Gasteiger partial charge in [0.2, 0.25) is 5.91 Å². The van der Waals surface area contributed by atoms with Crippen LogP contribution in [0.15, 0.2) is 60.0 Å². The van der Waals surface area contributed by atoms with Crippen LogP contribution in [0.3, 0.4) is 0 Å². The molecule has 1 aliphatic rings. The molecule has 182 valence electrons. The molecule has 2 heterocycles. The van der Waals surface area contributed by atoms with Crippen molar-refractivity contribution in [3.05, 3.63) is 87.1 Å². The molecule has 0 aliphatic carbocycles. The third kappa shape index (κ3) is 6.48. The molecule has 2 aromatic carbocycles. The molecule has 1 aliphatic heterocycles. The number of hydrogen-bond donors (Lipinski definition) is 2. The molecule has 4 rings (SSSR count). The summed E-state index contributed by atoms with van der Waals surface area (Å²) in [7, 11) is 0. The highest BCUT2D eigenvalue weighted by Gasteiger charge is 2.24. The number of nitrogens with one attached hydrogen (secondary N) is 2. The molecule has 0 atom stereocenters. The number of carbonyl (C=O) groups is 3. The van der Waals surface area contributed by atoms with Crippen LogP contribution >= 0.6 is 11.3 Å². The number of alkyl carbamates (subject to hydrolysis) is 1. The third-order valence-corrected chi connectivity index (χ3v) is 7.02. The maximum atomic E-state index is 13.2. The first-order valence-electron chi connectivity index (χ1n) is 11.7. The van der Waals surface area contributed by atoms with Crippen molar-refractivity contribution in [1.82, 2.24) is 10.2 Å². The Labute approximate surface area is 209 Å². The Morgan fingerprint density at radius 1 is 1.06 bits per heavy atom. The lowest BCUT2D eigenvalue weighted by Crippen LogP contribution is -2.35. The van der Waals surface area contributed by atoms with Gasteiger partial charge in [0, 0.05) is 42.2 Å². The van der Waals surface area contributed by atoms with Crippen LogP contribution in [0, 0.1) is 6.92 Å². The van der Waals surface area contributed by atoms with E-state index in [1.807, 2.05) is 42.2 Å². The lowest BCUT2D eigenvalue weighted by Gasteiger charge is -2.28. The first kappa shape index (κ1) is 24.5. The fraction of sp³-hybridized carbons (Fsp3) is 0.296. The fourth-order valence-electron chi connectivity index (χ4n) is 4.02. The van der Waals surface area contributed by atoms with Crippen molar-refractivity contribution in [3.8, 4) is 0 Å². The Morgan fingerprint density at radius 3 is 2.71 bits per heavy atom. The predicted octanol–water partition coefficient (Wildman–Crippen LogP) is 4.90. The molecule has 0 fully saturated rings. The minimum absolute atomic E-state index is 0.0198. The second-order valence-electron chi connectivity index (χ2n) is 8.46. The number of amides is 3. The van der Waals surface area contributed by atoms with Crippen LogP contribution in [0.2, 0.25) is 0 Å². The summed E-state index contributed by atoms with van der Waals surface area (Å²) in [5, 5.41) is 7.63. The SMILES string of the molecule is Cc1c(NC(=O)CCCNC(=O)OCc2ccccc2)cccc1C(=O)N1CCc2sccc2C1. The number of hydrogen-bond acceptors (Lipinski definition) is 5. The van der Waals surface area contributed by atoms with Crippen molar-refractivity contribution in [2.75, 3.05) is 18.4 Å². The first-order chi connectivity index (χ1) is 17.0. The fourth-order valence-corrected chi connectivity index (χ4v) is 4.91. The molecule has 3 aromatic rings. The smallest absolute Gasteiger partial charge is 0.407 e. The maximum Gasteiger partial charge on any atom is 0.407 e. The number of carbonyl (C=O) groups excluding carboxylic acids is 3. The van der Waals surface area contributed by atoms with Crippen LogP contribution in [0.1, 0.15) is 44.8 Å². The van der Waals surface area contributed by atoms with E-state index in [2.05, 4.69) is 22.1 Å². The lowest BCUT2D eigenvalue weighted by molar-refractivity contribution is -0.116. The van der Waals surface area contributed by atoms with Crippen molar-refractivity contribution in [2.45, 2.75) is 39.3 Å². The molecule has 2 N–H and O–H groups in total. The zero-order valence-electron chi connectivity index (χ0n) is 19.7. The van der Waals surface area contributed by atoms with Crippen LogP contribution in [-0.4, -0.2) is 35.9 Å². The summed E-state index contributed by atoms with van der Waals surface area (Å²) in [6.07, 6.45) is 1.08. The summed E-state index contributed by atoms with van der Waals surface area (Å²) in [4.78, 5) is 40.7. The van der Waals surface area contributed by atoms with E-state index in [-0.39, 0.29) is 24.8 Å². The molecule has 0 radical (unpaired) electrons. The van der Waals surface area contributed by atoms with Crippen molar-refractivity contribution in [2.24, 2.45) is 0 Å². The van der Waals surface area contributed by atoms with Gasteiger partial charge in [-0.05, 0) is 60.0 Å². The number of anilines is 1. The largest absolute Gasteiger partial charge is 0.445 e. The second-order valence-corrected chi connectivity index (χ2v) is 9.46. The highest BCUT2D eigenvalue weighted by atomic mass is 32.1. The van der Waals surface area contributed by atoms with Crippen molar-refractivity contribution >= 4 is 34.9 Å². The standard InChI is InChI=1S/C27H29N3O4S/c1-19-22(26(32)30-15-12-24-21(17-30)13-16-35-24)9-5-10-23(19)29-25(31)11-6-14-28-27(33)34-18-20-7-3-2-4-8-20/h2-5,7-10,13,16H,6,11-12,14-15,17-18H2,1H3,(H,28,33)(H,29,31). The van der Waals surface area contributed by atoms with E-state index in [0.717, 1.165) is 17.5 Å². The summed E-state index contributed by atoms with van der Waals surface area (Å²) in [5.74, 6) is -0.188. The van der Waals surface area contributed by atoms with Gasteiger partial charge in [0.1, 0.15) is 6.61 Å². The minimum atomic E-state index is -0.511. The Kier molecular flexibility index (Phi) is 8.15. The molecule has 8 heteroatoms. The molecule has 0 bridgehead atoms. The molecule has 0 saturated heterocycles. The van der Waals surface area contributed by atoms with E-state index < -0.39 is 6.09 Å². The molecule has 35 heavy (non-hydrogen) atoms. The molecular weight excluding hydrogens is 462 g/mol. The Balaban J connectivity index is 1.22. The van der Waals surface area contributed by atoms with E-state index >= 15 is 0 Å². The van der Waals surface area contributed by atoms with Crippen LogP contribution in [0.5, 0.6) is 0 Å². The molecule has 0 spiro atoms. The van der Waals surface area contributed by atoms with E-state index in [1.54, 1.807) is 29.5 Å². The summed E-state index contributed by atoms with van der Waals surface area (Å²) in [6, 6.07) is 16.9. The average Bonchev–Trinajstić information content (AvgIpc) is 3.35. The Morgan fingerprint density at radius 2 is 1.89 bits per heavy atom. The van der Waals surface area contributed by atoms with Gasteiger partial charge in [-0.2, -0.15) is 0 Å². The topological polar surface area (TPSA) is 87.7 Å². The molecule has 3 amide bonds.